The van der Waals surface area contributed by atoms with Crippen molar-refractivity contribution in [3.63, 3.8) is 0 Å². The number of nitrogens with zero attached hydrogens (tertiary/aromatic N) is 2. The van der Waals surface area contributed by atoms with Crippen LogP contribution in [0.25, 0.3) is 0 Å². The molecule has 1 aromatic heterocycles. The van der Waals surface area contributed by atoms with Gasteiger partial charge in [0, 0.05) is 50.3 Å². The van der Waals surface area contributed by atoms with Crippen LogP contribution in [0.15, 0.2) is 91.3 Å². The highest BCUT2D eigenvalue weighted by Crippen LogP contribution is 2.30. The molecule has 5 rings (SSSR count). The van der Waals surface area contributed by atoms with Gasteiger partial charge in [-0.05, 0) is 60.4 Å². The molecule has 0 aliphatic carbocycles. The number of likely N-dealkylation sites (N-methyl/N-ethyl adjacent to an activating group) is 1. The summed E-state index contributed by atoms with van der Waals surface area (Å²) in [5, 5.41) is 9.19. The molecular formula is C36H38F3N5O4. The lowest BCUT2D eigenvalue weighted by Gasteiger charge is -2.31. The second-order valence-corrected chi connectivity index (χ2v) is 11.5. The number of rotatable bonds is 13. The smallest absolute Gasteiger partial charge is 0.411 e. The molecule has 48 heavy (non-hydrogen) atoms. The average molecular weight is 662 g/mol. The molecule has 0 radical (unpaired) electrons. The maximum Gasteiger partial charge on any atom is 0.411 e. The first-order valence-electron chi connectivity index (χ1n) is 15.7. The molecule has 12 heteroatoms. The van der Waals surface area contributed by atoms with E-state index < -0.39 is 41.6 Å². The summed E-state index contributed by atoms with van der Waals surface area (Å²) < 4.78 is 53.7. The molecule has 3 N–H and O–H groups in total. The van der Waals surface area contributed by atoms with Gasteiger partial charge in [0.2, 0.25) is 5.91 Å². The highest BCUT2D eigenvalue weighted by Gasteiger charge is 2.26. The molecular weight excluding hydrogens is 623 g/mol. The Morgan fingerprint density at radius 1 is 0.979 bits per heavy atom. The standard InChI is InChI=1S/C36H38F3N5O4/c1-44(18-17-41-28-5-3-2-4-6-28)36(46)48-35-23-47-29(20-42-35)15-16-30-32(39)21-40-22-33(30)43-34(45)19-31(24-7-11-26(37)12-8-24)25-9-13-27(38)14-10-25/h2-14,21-22,29,31,35,41-42H,15-20,23H2,1H3,(H,43,45)/t29-,35+/m1/s1. The van der Waals surface area contributed by atoms with Crippen molar-refractivity contribution in [2.45, 2.75) is 37.5 Å². The van der Waals surface area contributed by atoms with Gasteiger partial charge in [0.15, 0.2) is 6.23 Å². The molecule has 2 atom stereocenters. The monoisotopic (exact) mass is 661 g/mol. The molecule has 0 unspecified atom stereocenters. The maximum atomic E-state index is 15.0. The summed E-state index contributed by atoms with van der Waals surface area (Å²) in [7, 11) is 1.66. The van der Waals surface area contributed by atoms with E-state index in [9.17, 15) is 22.8 Å². The predicted molar refractivity (Wildman–Crippen MR) is 176 cm³/mol. The number of para-hydroxylation sites is 1. The third-order valence-corrected chi connectivity index (χ3v) is 8.09. The van der Waals surface area contributed by atoms with E-state index in [-0.39, 0.29) is 36.8 Å². The Balaban J connectivity index is 1.11. The first-order chi connectivity index (χ1) is 23.2. The summed E-state index contributed by atoms with van der Waals surface area (Å²) in [6, 6.07) is 21.2. The Hall–Kier alpha value is -4.94. The van der Waals surface area contributed by atoms with Crippen molar-refractivity contribution in [3.8, 4) is 0 Å². The van der Waals surface area contributed by atoms with Crippen molar-refractivity contribution in [2.75, 3.05) is 43.9 Å². The number of aromatic nitrogens is 1. The quantitative estimate of drug-likeness (QED) is 0.159. The van der Waals surface area contributed by atoms with E-state index in [1.807, 2.05) is 30.3 Å². The molecule has 252 valence electrons. The number of hydrogen-bond acceptors (Lipinski definition) is 7. The van der Waals surface area contributed by atoms with Crippen molar-refractivity contribution >= 4 is 23.4 Å². The van der Waals surface area contributed by atoms with E-state index in [1.165, 1.54) is 35.4 Å². The van der Waals surface area contributed by atoms with E-state index in [1.54, 1.807) is 31.3 Å². The van der Waals surface area contributed by atoms with Gasteiger partial charge >= 0.3 is 6.09 Å². The lowest BCUT2D eigenvalue weighted by atomic mass is 9.88. The van der Waals surface area contributed by atoms with Gasteiger partial charge in [0.05, 0.1) is 30.8 Å². The van der Waals surface area contributed by atoms with Crippen LogP contribution in [-0.2, 0) is 20.7 Å². The number of morpholine rings is 1. The fraction of sp³-hybridized carbons (Fsp3) is 0.306. The zero-order valence-corrected chi connectivity index (χ0v) is 26.5. The fourth-order valence-electron chi connectivity index (χ4n) is 5.43. The number of benzene rings is 3. The lowest BCUT2D eigenvalue weighted by molar-refractivity contribution is -0.116. The zero-order chi connectivity index (χ0) is 33.9. The Bertz CT molecular complexity index is 1590. The number of carbonyl (C=O) groups is 2. The van der Waals surface area contributed by atoms with Crippen LogP contribution in [0.4, 0.5) is 29.3 Å². The molecule has 1 fully saturated rings. The second-order valence-electron chi connectivity index (χ2n) is 11.5. The number of anilines is 2. The number of amides is 2. The van der Waals surface area contributed by atoms with E-state index in [0.29, 0.717) is 37.2 Å². The summed E-state index contributed by atoms with van der Waals surface area (Å²) in [6.07, 6.45) is 1.71. The second kappa shape index (κ2) is 16.8. The summed E-state index contributed by atoms with van der Waals surface area (Å²) in [5.74, 6) is -2.31. The van der Waals surface area contributed by atoms with E-state index in [0.717, 1.165) is 11.9 Å². The molecule has 2 heterocycles. The van der Waals surface area contributed by atoms with E-state index in [2.05, 4.69) is 20.9 Å². The predicted octanol–water partition coefficient (Wildman–Crippen LogP) is 6.09. The van der Waals surface area contributed by atoms with Crippen molar-refractivity contribution in [2.24, 2.45) is 0 Å². The van der Waals surface area contributed by atoms with Crippen LogP contribution in [0.5, 0.6) is 0 Å². The molecule has 2 amide bonds. The van der Waals surface area contributed by atoms with Gasteiger partial charge in [-0.3, -0.25) is 15.1 Å². The minimum Gasteiger partial charge on any atom is -0.428 e. The normalized spacial score (nSPS) is 15.9. The van der Waals surface area contributed by atoms with Crippen molar-refractivity contribution in [3.05, 3.63) is 125 Å². The topological polar surface area (TPSA) is 105 Å². The zero-order valence-electron chi connectivity index (χ0n) is 26.5. The first kappa shape index (κ1) is 34.4. The Morgan fingerprint density at radius 3 is 2.27 bits per heavy atom. The SMILES string of the molecule is CN(CCNc1ccccc1)C(=O)O[C@H]1CO[C@H](CCc2c(F)cncc2NC(=O)CC(c2ccc(F)cc2)c2ccc(F)cc2)CN1. The number of halogens is 3. The van der Waals surface area contributed by atoms with Gasteiger partial charge < -0.3 is 25.0 Å². The third-order valence-electron chi connectivity index (χ3n) is 8.09. The van der Waals surface area contributed by atoms with Crippen LogP contribution in [0, 0.1) is 17.5 Å². The third kappa shape index (κ3) is 9.79. The Kier molecular flexibility index (Phi) is 12.0. The Morgan fingerprint density at radius 2 is 1.65 bits per heavy atom. The van der Waals surface area contributed by atoms with Gasteiger partial charge in [0.25, 0.3) is 0 Å². The number of pyridine rings is 1. The summed E-state index contributed by atoms with van der Waals surface area (Å²) >= 11 is 0. The molecule has 0 spiro atoms. The highest BCUT2D eigenvalue weighted by molar-refractivity contribution is 5.92. The van der Waals surface area contributed by atoms with Crippen molar-refractivity contribution < 1.29 is 32.2 Å². The number of nitrogens with one attached hydrogen (secondary N) is 3. The summed E-state index contributed by atoms with van der Waals surface area (Å²) in [6.45, 7) is 1.51. The van der Waals surface area contributed by atoms with Crippen LogP contribution in [0.1, 0.15) is 35.4 Å². The fourth-order valence-corrected chi connectivity index (χ4v) is 5.43. The molecule has 1 aliphatic rings. The first-order valence-corrected chi connectivity index (χ1v) is 15.7. The van der Waals surface area contributed by atoms with Crippen LogP contribution in [0.2, 0.25) is 0 Å². The highest BCUT2D eigenvalue weighted by atomic mass is 19.1. The minimum absolute atomic E-state index is 0.0539. The van der Waals surface area contributed by atoms with Gasteiger partial charge in [-0.15, -0.1) is 0 Å². The van der Waals surface area contributed by atoms with Crippen molar-refractivity contribution in [1.82, 2.24) is 15.2 Å². The van der Waals surface area contributed by atoms with Crippen LogP contribution in [0.3, 0.4) is 0 Å². The Labute approximate surface area is 277 Å². The molecule has 0 bridgehead atoms. The van der Waals surface area contributed by atoms with Gasteiger partial charge in [-0.2, -0.15) is 0 Å². The molecule has 3 aromatic carbocycles. The summed E-state index contributed by atoms with van der Waals surface area (Å²) in [5.41, 5.74) is 2.83. The molecule has 1 saturated heterocycles. The largest absolute Gasteiger partial charge is 0.428 e. The van der Waals surface area contributed by atoms with Crippen molar-refractivity contribution in [1.29, 1.82) is 0 Å². The molecule has 1 aliphatic heterocycles. The van der Waals surface area contributed by atoms with Gasteiger partial charge in [-0.1, -0.05) is 42.5 Å². The number of carbonyl (C=O) groups excluding carboxylic acids is 2. The lowest BCUT2D eigenvalue weighted by Crippen LogP contribution is -2.50. The van der Waals surface area contributed by atoms with Gasteiger partial charge in [0.1, 0.15) is 17.5 Å². The van der Waals surface area contributed by atoms with E-state index >= 15 is 0 Å². The molecule has 0 saturated carbocycles. The number of hydrogen-bond donors (Lipinski definition) is 3. The van der Waals surface area contributed by atoms with Crippen LogP contribution < -0.4 is 16.0 Å². The average Bonchev–Trinajstić information content (AvgIpc) is 3.09. The van der Waals surface area contributed by atoms with Gasteiger partial charge in [-0.25, -0.2) is 18.0 Å². The minimum atomic E-state index is -0.624. The number of ether oxygens (including phenoxy) is 2. The summed E-state index contributed by atoms with van der Waals surface area (Å²) in [4.78, 5) is 31.2. The van der Waals surface area contributed by atoms with Crippen LogP contribution in [-0.4, -0.2) is 67.5 Å². The molecule has 4 aromatic rings. The maximum absolute atomic E-state index is 15.0. The van der Waals surface area contributed by atoms with E-state index in [4.69, 9.17) is 9.47 Å². The van der Waals surface area contributed by atoms with Crippen LogP contribution >= 0.6 is 0 Å². The molecule has 9 nitrogen and oxygen atoms in total.